The molecule has 19 heavy (non-hydrogen) atoms. The molecule has 0 radical (unpaired) electrons. The van der Waals surface area contributed by atoms with E-state index in [4.69, 9.17) is 0 Å². The van der Waals surface area contributed by atoms with Crippen molar-refractivity contribution in [3.05, 3.63) is 0 Å². The molecule has 1 N–H and O–H groups in total. The number of piperidine rings is 2. The van der Waals surface area contributed by atoms with E-state index >= 15 is 0 Å². The highest BCUT2D eigenvalue weighted by Gasteiger charge is 2.42. The molecule has 3 heterocycles. The number of nitrogens with zero attached hydrogens (tertiary/aromatic N) is 2. The smallest absolute Gasteiger partial charge is 0.0234 e. The van der Waals surface area contributed by atoms with E-state index in [9.17, 15) is 0 Å². The van der Waals surface area contributed by atoms with Crippen LogP contribution in [-0.4, -0.2) is 61.7 Å². The van der Waals surface area contributed by atoms with Gasteiger partial charge in [0.05, 0.1) is 0 Å². The second kappa shape index (κ2) is 6.75. The maximum absolute atomic E-state index is 3.57. The van der Waals surface area contributed by atoms with E-state index in [1.165, 1.54) is 77.8 Å². The molecule has 1 unspecified atom stereocenters. The predicted octanol–water partition coefficient (Wildman–Crippen LogP) is 1.97. The fraction of sp³-hybridized carbons (Fsp3) is 1.00. The van der Waals surface area contributed by atoms with Gasteiger partial charge in [-0.05, 0) is 84.2 Å². The summed E-state index contributed by atoms with van der Waals surface area (Å²) in [7, 11) is 2.28. The predicted molar refractivity (Wildman–Crippen MR) is 83.1 cm³/mol. The van der Waals surface area contributed by atoms with Gasteiger partial charge in [-0.25, -0.2) is 0 Å². The van der Waals surface area contributed by atoms with E-state index in [2.05, 4.69) is 22.2 Å². The minimum atomic E-state index is 0. The Morgan fingerprint density at radius 3 is 2.58 bits per heavy atom. The maximum atomic E-state index is 3.57. The van der Waals surface area contributed by atoms with Gasteiger partial charge in [0.15, 0.2) is 0 Å². The lowest BCUT2D eigenvalue weighted by atomic mass is 9.84. The number of nitrogens with one attached hydrogen (secondary N) is 1. The topological polar surface area (TPSA) is 18.5 Å². The third-order valence-corrected chi connectivity index (χ3v) is 5.54. The Balaban J connectivity index is 0.00000133. The first-order chi connectivity index (χ1) is 8.78. The van der Waals surface area contributed by atoms with Gasteiger partial charge < -0.3 is 10.2 Å². The Bertz CT molecular complexity index is 271. The van der Waals surface area contributed by atoms with Crippen LogP contribution in [0.5, 0.6) is 0 Å². The highest BCUT2D eigenvalue weighted by molar-refractivity contribution is 5.85. The second-order valence-corrected chi connectivity index (χ2v) is 6.79. The molecule has 0 amide bonds. The molecule has 0 aliphatic carbocycles. The summed E-state index contributed by atoms with van der Waals surface area (Å²) in [6.07, 6.45) is 8.53. The van der Waals surface area contributed by atoms with Crippen molar-refractivity contribution in [2.45, 2.75) is 44.1 Å². The van der Waals surface area contributed by atoms with E-state index in [1.54, 1.807) is 0 Å². The van der Waals surface area contributed by atoms with Gasteiger partial charge in [-0.15, -0.1) is 12.4 Å². The van der Waals surface area contributed by atoms with Crippen LogP contribution in [0.3, 0.4) is 0 Å². The second-order valence-electron chi connectivity index (χ2n) is 6.79. The molecular weight excluding hydrogens is 258 g/mol. The van der Waals surface area contributed by atoms with Gasteiger partial charge in [0.25, 0.3) is 0 Å². The molecule has 1 spiro atoms. The molecule has 112 valence electrons. The summed E-state index contributed by atoms with van der Waals surface area (Å²) in [5.74, 6) is 0.911. The standard InChI is InChI=1S/C15H29N3.ClH/c1-17-10-6-15(7-11-17)5-3-9-18(15)13-14-4-2-8-16-12-14;/h14,16H,2-13H2,1H3;1H. The van der Waals surface area contributed by atoms with Crippen molar-refractivity contribution in [2.75, 3.05) is 46.3 Å². The van der Waals surface area contributed by atoms with E-state index in [0.29, 0.717) is 5.54 Å². The summed E-state index contributed by atoms with van der Waals surface area (Å²) in [6, 6.07) is 0. The monoisotopic (exact) mass is 287 g/mol. The number of rotatable bonds is 2. The number of hydrogen-bond acceptors (Lipinski definition) is 3. The highest BCUT2D eigenvalue weighted by atomic mass is 35.5. The Kier molecular flexibility index (Phi) is 5.53. The quantitative estimate of drug-likeness (QED) is 0.838. The third-order valence-electron chi connectivity index (χ3n) is 5.54. The van der Waals surface area contributed by atoms with Crippen LogP contribution in [0.1, 0.15) is 38.5 Å². The van der Waals surface area contributed by atoms with Crippen molar-refractivity contribution in [2.24, 2.45) is 5.92 Å². The van der Waals surface area contributed by atoms with Crippen molar-refractivity contribution < 1.29 is 0 Å². The molecule has 3 fully saturated rings. The zero-order valence-corrected chi connectivity index (χ0v) is 13.2. The van der Waals surface area contributed by atoms with Crippen molar-refractivity contribution in [1.29, 1.82) is 0 Å². The summed E-state index contributed by atoms with van der Waals surface area (Å²) in [6.45, 7) is 7.83. The fourth-order valence-corrected chi connectivity index (χ4v) is 4.27. The summed E-state index contributed by atoms with van der Waals surface area (Å²) < 4.78 is 0. The van der Waals surface area contributed by atoms with Gasteiger partial charge in [0.2, 0.25) is 0 Å². The van der Waals surface area contributed by atoms with Crippen LogP contribution in [-0.2, 0) is 0 Å². The van der Waals surface area contributed by atoms with Crippen molar-refractivity contribution in [3.63, 3.8) is 0 Å². The average molecular weight is 288 g/mol. The Hall–Kier alpha value is 0.170. The van der Waals surface area contributed by atoms with Gasteiger partial charge in [0, 0.05) is 12.1 Å². The van der Waals surface area contributed by atoms with Crippen molar-refractivity contribution >= 4 is 12.4 Å². The zero-order chi connectivity index (χ0) is 12.4. The lowest BCUT2D eigenvalue weighted by Crippen LogP contribution is -2.53. The van der Waals surface area contributed by atoms with Gasteiger partial charge in [0.1, 0.15) is 0 Å². The van der Waals surface area contributed by atoms with Crippen LogP contribution in [0.4, 0.5) is 0 Å². The van der Waals surface area contributed by atoms with Crippen LogP contribution < -0.4 is 5.32 Å². The number of hydrogen-bond donors (Lipinski definition) is 1. The number of likely N-dealkylation sites (tertiary alicyclic amines) is 2. The van der Waals surface area contributed by atoms with Gasteiger partial charge in [-0.1, -0.05) is 0 Å². The Morgan fingerprint density at radius 2 is 1.89 bits per heavy atom. The Labute approximate surface area is 124 Å². The van der Waals surface area contributed by atoms with Crippen LogP contribution in [0, 0.1) is 5.92 Å². The largest absolute Gasteiger partial charge is 0.316 e. The summed E-state index contributed by atoms with van der Waals surface area (Å²) in [5, 5.41) is 3.57. The molecule has 3 aliphatic rings. The van der Waals surface area contributed by atoms with E-state index in [-0.39, 0.29) is 12.4 Å². The Morgan fingerprint density at radius 1 is 1.11 bits per heavy atom. The molecule has 0 saturated carbocycles. The van der Waals surface area contributed by atoms with Gasteiger partial charge >= 0.3 is 0 Å². The lowest BCUT2D eigenvalue weighted by molar-refractivity contribution is 0.0476. The van der Waals surface area contributed by atoms with E-state index in [0.717, 1.165) is 5.92 Å². The molecule has 0 aromatic heterocycles. The first-order valence-corrected chi connectivity index (χ1v) is 7.93. The van der Waals surface area contributed by atoms with Crippen molar-refractivity contribution in [3.8, 4) is 0 Å². The van der Waals surface area contributed by atoms with Gasteiger partial charge in [-0.3, -0.25) is 4.90 Å². The third kappa shape index (κ3) is 3.44. The minimum absolute atomic E-state index is 0. The van der Waals surface area contributed by atoms with Crippen LogP contribution in [0.25, 0.3) is 0 Å². The fourth-order valence-electron chi connectivity index (χ4n) is 4.27. The molecule has 4 heteroatoms. The lowest BCUT2D eigenvalue weighted by Gasteiger charge is -2.45. The summed E-state index contributed by atoms with van der Waals surface area (Å²) in [5.41, 5.74) is 0.587. The first kappa shape index (κ1) is 15.6. The van der Waals surface area contributed by atoms with Crippen LogP contribution in [0.15, 0.2) is 0 Å². The van der Waals surface area contributed by atoms with Crippen molar-refractivity contribution in [1.82, 2.24) is 15.1 Å². The van der Waals surface area contributed by atoms with Crippen LogP contribution in [0.2, 0.25) is 0 Å². The SMILES string of the molecule is CN1CCC2(CCCN2CC2CCCNC2)CC1.Cl. The van der Waals surface area contributed by atoms with Gasteiger partial charge in [-0.2, -0.15) is 0 Å². The summed E-state index contributed by atoms with van der Waals surface area (Å²) >= 11 is 0. The molecule has 0 aromatic carbocycles. The van der Waals surface area contributed by atoms with Crippen LogP contribution >= 0.6 is 12.4 Å². The summed E-state index contributed by atoms with van der Waals surface area (Å²) in [4.78, 5) is 5.38. The molecule has 0 aromatic rings. The minimum Gasteiger partial charge on any atom is -0.316 e. The zero-order valence-electron chi connectivity index (χ0n) is 12.4. The molecule has 3 nitrogen and oxygen atoms in total. The molecular formula is C15H30ClN3. The maximum Gasteiger partial charge on any atom is 0.0234 e. The first-order valence-electron chi connectivity index (χ1n) is 7.93. The highest BCUT2D eigenvalue weighted by Crippen LogP contribution is 2.38. The van der Waals surface area contributed by atoms with E-state index in [1.807, 2.05) is 0 Å². The average Bonchev–Trinajstić information content (AvgIpc) is 2.78. The van der Waals surface area contributed by atoms with E-state index < -0.39 is 0 Å². The molecule has 0 bridgehead atoms. The number of halogens is 1. The normalized spacial score (nSPS) is 32.4. The molecule has 3 aliphatic heterocycles. The molecule has 1 atom stereocenters. The molecule has 3 saturated heterocycles. The molecule has 3 rings (SSSR count).